The zero-order chi connectivity index (χ0) is 30.1. The van der Waals surface area contributed by atoms with Crippen LogP contribution in [0.15, 0.2) is 138 Å². The molecule has 4 nitrogen and oxygen atoms in total. The third-order valence-corrected chi connectivity index (χ3v) is 9.44. The van der Waals surface area contributed by atoms with E-state index < -0.39 is 0 Å². The highest BCUT2D eigenvalue weighted by Crippen LogP contribution is 2.46. The van der Waals surface area contributed by atoms with Gasteiger partial charge in [0, 0.05) is 45.9 Å². The molecule has 0 bridgehead atoms. The van der Waals surface area contributed by atoms with E-state index in [4.69, 9.17) is 4.42 Å². The van der Waals surface area contributed by atoms with Crippen LogP contribution in [0.3, 0.4) is 0 Å². The summed E-state index contributed by atoms with van der Waals surface area (Å²) in [7, 11) is 2.13. The third kappa shape index (κ3) is 4.06. The van der Waals surface area contributed by atoms with Crippen molar-refractivity contribution < 1.29 is 4.42 Å². The lowest BCUT2D eigenvalue weighted by Crippen LogP contribution is -1.90. The Bertz CT molecular complexity index is 2410. The van der Waals surface area contributed by atoms with E-state index in [-0.39, 0.29) is 0 Å². The van der Waals surface area contributed by atoms with Crippen LogP contribution in [0.5, 0.6) is 0 Å². The summed E-state index contributed by atoms with van der Waals surface area (Å²) in [6, 6.07) is 47.6. The van der Waals surface area contributed by atoms with Crippen LogP contribution in [0.25, 0.3) is 78.1 Å². The van der Waals surface area contributed by atoms with Gasteiger partial charge >= 0.3 is 0 Å². The molecule has 8 aromatic rings. The van der Waals surface area contributed by atoms with Gasteiger partial charge in [-0.3, -0.25) is 0 Å². The molecule has 0 N–H and O–H groups in total. The third-order valence-electron chi connectivity index (χ3n) is 9.44. The van der Waals surface area contributed by atoms with Gasteiger partial charge in [0.1, 0.15) is 0 Å². The molecule has 1 unspecified atom stereocenters. The lowest BCUT2D eigenvalue weighted by atomic mass is 9.92. The van der Waals surface area contributed by atoms with Crippen molar-refractivity contribution >= 4 is 21.8 Å². The molecule has 0 spiro atoms. The molecule has 1 aliphatic rings. The summed E-state index contributed by atoms with van der Waals surface area (Å²) in [5, 5.41) is 11.4. The Morgan fingerprint density at radius 3 is 1.96 bits per heavy atom. The molecule has 1 atom stereocenters. The average molecular weight is 580 g/mol. The van der Waals surface area contributed by atoms with Crippen LogP contribution in [0, 0.1) is 0 Å². The Morgan fingerprint density at radius 2 is 1.11 bits per heavy atom. The smallest absolute Gasteiger partial charge is 0.248 e. The lowest BCUT2D eigenvalue weighted by Gasteiger charge is -2.12. The minimum atomic E-state index is 0.384. The number of rotatable bonds is 4. The van der Waals surface area contributed by atoms with Gasteiger partial charge in [0.05, 0.1) is 0 Å². The van der Waals surface area contributed by atoms with Gasteiger partial charge in [0.2, 0.25) is 11.8 Å². The normalized spacial score (nSPS) is 13.8. The maximum Gasteiger partial charge on any atom is 0.248 e. The Kier molecular flexibility index (Phi) is 5.66. The monoisotopic (exact) mass is 579 g/mol. The maximum absolute atomic E-state index is 6.28. The molecule has 2 heterocycles. The van der Waals surface area contributed by atoms with Crippen molar-refractivity contribution in [1.29, 1.82) is 0 Å². The predicted molar refractivity (Wildman–Crippen MR) is 183 cm³/mol. The Labute approximate surface area is 261 Å². The number of fused-ring (bicyclic) bond motifs is 6. The van der Waals surface area contributed by atoms with Crippen LogP contribution >= 0.6 is 0 Å². The van der Waals surface area contributed by atoms with Crippen molar-refractivity contribution in [3.8, 4) is 56.3 Å². The number of aromatic nitrogens is 3. The number of hydrogen-bond acceptors (Lipinski definition) is 3. The largest absolute Gasteiger partial charge is 0.416 e. The lowest BCUT2D eigenvalue weighted by molar-refractivity contribution is 0.584. The van der Waals surface area contributed by atoms with Crippen molar-refractivity contribution in [2.75, 3.05) is 0 Å². The van der Waals surface area contributed by atoms with Crippen LogP contribution < -0.4 is 0 Å². The second-order valence-corrected chi connectivity index (χ2v) is 12.0. The summed E-state index contributed by atoms with van der Waals surface area (Å²) < 4.78 is 8.54. The number of hydrogen-bond donors (Lipinski definition) is 0. The van der Waals surface area contributed by atoms with Gasteiger partial charge in [-0.05, 0) is 99.1 Å². The van der Waals surface area contributed by atoms with E-state index in [1.54, 1.807) is 0 Å². The van der Waals surface area contributed by atoms with Gasteiger partial charge in [-0.1, -0.05) is 85.8 Å². The quantitative estimate of drug-likeness (QED) is 0.208. The molecule has 1 aliphatic carbocycles. The van der Waals surface area contributed by atoms with Crippen LogP contribution in [-0.2, 0) is 7.05 Å². The summed E-state index contributed by atoms with van der Waals surface area (Å²) in [5.41, 5.74) is 14.2. The molecule has 4 heteroatoms. The van der Waals surface area contributed by atoms with Crippen LogP contribution in [0.2, 0.25) is 0 Å². The molecule has 0 saturated heterocycles. The van der Waals surface area contributed by atoms with E-state index in [1.807, 2.05) is 30.3 Å². The molecule has 0 aliphatic heterocycles. The van der Waals surface area contributed by atoms with E-state index >= 15 is 0 Å². The minimum absolute atomic E-state index is 0.384. The SMILES string of the molecule is CC1c2ccccc2-c2cc(-c3cc(-c4ccc5c(c4)c4ccccc4n5C)cc(-c4nnc(-c5ccccc5)o4)c3)ccc21. The minimum Gasteiger partial charge on any atom is -0.416 e. The highest BCUT2D eigenvalue weighted by atomic mass is 16.4. The fraction of sp³-hybridized carbons (Fsp3) is 0.0732. The summed E-state index contributed by atoms with van der Waals surface area (Å²) in [6.45, 7) is 2.30. The van der Waals surface area contributed by atoms with Crippen LogP contribution in [-0.4, -0.2) is 14.8 Å². The molecule has 0 fully saturated rings. The summed E-state index contributed by atoms with van der Waals surface area (Å²) in [5.74, 6) is 1.40. The molecule has 6 aromatic carbocycles. The number of nitrogens with zero attached hydrogens (tertiary/aromatic N) is 3. The second kappa shape index (κ2) is 9.90. The van der Waals surface area contributed by atoms with Gasteiger partial charge in [0.25, 0.3) is 0 Å². The van der Waals surface area contributed by atoms with Crippen molar-refractivity contribution in [3.63, 3.8) is 0 Å². The topological polar surface area (TPSA) is 43.9 Å². The van der Waals surface area contributed by atoms with Crippen molar-refractivity contribution in [3.05, 3.63) is 145 Å². The van der Waals surface area contributed by atoms with Crippen molar-refractivity contribution in [2.24, 2.45) is 7.05 Å². The van der Waals surface area contributed by atoms with Gasteiger partial charge < -0.3 is 8.98 Å². The number of para-hydroxylation sites is 1. The maximum atomic E-state index is 6.28. The second-order valence-electron chi connectivity index (χ2n) is 12.0. The molecule has 214 valence electrons. The first-order valence-electron chi connectivity index (χ1n) is 15.4. The standard InChI is InChI=1S/C41H29N3O/c1-25-32-12-6-7-13-34(32)36-23-27(16-18-33(25)36)29-20-30(22-31(21-29)41-43-42-40(45-41)26-10-4-3-5-11-26)28-17-19-39-37(24-28)35-14-8-9-15-38(35)44(39)2/h3-25H,1-2H3. The van der Waals surface area contributed by atoms with Gasteiger partial charge in [-0.25, -0.2) is 0 Å². The number of benzene rings is 6. The molecule has 2 aromatic heterocycles. The fourth-order valence-corrected chi connectivity index (χ4v) is 7.10. The van der Waals surface area contributed by atoms with Crippen molar-refractivity contribution in [2.45, 2.75) is 12.8 Å². The Balaban J connectivity index is 1.23. The fourth-order valence-electron chi connectivity index (χ4n) is 7.10. The van der Waals surface area contributed by atoms with Crippen LogP contribution in [0.1, 0.15) is 24.0 Å². The first-order valence-corrected chi connectivity index (χ1v) is 15.4. The van der Waals surface area contributed by atoms with Crippen molar-refractivity contribution in [1.82, 2.24) is 14.8 Å². The molecule has 45 heavy (non-hydrogen) atoms. The first kappa shape index (κ1) is 25.7. The van der Waals surface area contributed by atoms with Gasteiger partial charge in [-0.2, -0.15) is 0 Å². The predicted octanol–water partition coefficient (Wildman–Crippen LogP) is 10.5. The van der Waals surface area contributed by atoms with Gasteiger partial charge in [0.15, 0.2) is 0 Å². The highest BCUT2D eigenvalue weighted by Gasteiger charge is 2.25. The summed E-state index contributed by atoms with van der Waals surface area (Å²) in [6.07, 6.45) is 0. The average Bonchev–Trinajstić information content (AvgIpc) is 3.79. The molecule has 0 amide bonds. The van der Waals surface area contributed by atoms with E-state index in [0.717, 1.165) is 33.4 Å². The molecule has 0 radical (unpaired) electrons. The molecular formula is C41H29N3O. The number of aryl methyl sites for hydroxylation is 1. The zero-order valence-electron chi connectivity index (χ0n) is 25.0. The molecular weight excluding hydrogens is 550 g/mol. The van der Waals surface area contributed by atoms with E-state index in [2.05, 4.69) is 132 Å². The highest BCUT2D eigenvalue weighted by molar-refractivity contribution is 6.09. The zero-order valence-corrected chi connectivity index (χ0v) is 25.0. The summed E-state index contributed by atoms with van der Waals surface area (Å²) in [4.78, 5) is 0. The van der Waals surface area contributed by atoms with E-state index in [9.17, 15) is 0 Å². The first-order chi connectivity index (χ1) is 22.1. The molecule has 9 rings (SSSR count). The van der Waals surface area contributed by atoms with Gasteiger partial charge in [-0.15, -0.1) is 10.2 Å². The molecule has 0 saturated carbocycles. The Hall–Kier alpha value is -5.74. The van der Waals surface area contributed by atoms with E-state index in [0.29, 0.717) is 17.7 Å². The van der Waals surface area contributed by atoms with Crippen LogP contribution in [0.4, 0.5) is 0 Å². The van der Waals surface area contributed by atoms with E-state index in [1.165, 1.54) is 44.1 Å². The summed E-state index contributed by atoms with van der Waals surface area (Å²) >= 11 is 0. The Morgan fingerprint density at radius 1 is 0.489 bits per heavy atom.